The number of amides is 12. The molecular weight excluding hydrogens is 1530 g/mol. The van der Waals surface area contributed by atoms with Crippen molar-refractivity contribution in [3.05, 3.63) is 0 Å². The van der Waals surface area contributed by atoms with E-state index in [0.29, 0.717) is 83.5 Å². The van der Waals surface area contributed by atoms with Crippen LogP contribution >= 0.6 is 0 Å². The minimum absolute atomic E-state index is 0.000177. The van der Waals surface area contributed by atoms with Gasteiger partial charge in [-0.3, -0.25) is 57.5 Å². The van der Waals surface area contributed by atoms with Crippen LogP contribution in [0.25, 0.3) is 0 Å². The van der Waals surface area contributed by atoms with Crippen molar-refractivity contribution < 1.29 is 102 Å². The lowest BCUT2D eigenvalue weighted by Gasteiger charge is -2.47. The molecule has 3 N–H and O–H groups in total. The number of nitrogens with zero attached hydrogens (tertiary/aromatic N) is 10. The van der Waals surface area contributed by atoms with Crippen LogP contribution in [0.2, 0.25) is 0 Å². The fourth-order valence-electron chi connectivity index (χ4n) is 19.4. The van der Waals surface area contributed by atoms with E-state index in [-0.39, 0.29) is 128 Å². The molecule has 116 heavy (non-hydrogen) atoms. The van der Waals surface area contributed by atoms with Crippen molar-refractivity contribution in [1.82, 2.24) is 60.0 Å². The van der Waals surface area contributed by atoms with Gasteiger partial charge in [0.25, 0.3) is 0 Å². The average molecular weight is 1650 g/mol. The van der Waals surface area contributed by atoms with Crippen LogP contribution in [-0.2, 0) is 67.0 Å². The van der Waals surface area contributed by atoms with E-state index >= 15 is 56.7 Å². The average Bonchev–Trinajstić information content (AvgIpc) is 1.31. The van der Waals surface area contributed by atoms with Crippen molar-refractivity contribution in [3.63, 3.8) is 0 Å². The van der Waals surface area contributed by atoms with Gasteiger partial charge in [0, 0.05) is 87.4 Å². The second kappa shape index (κ2) is 40.5. The molecule has 9 rings (SSSR count). The van der Waals surface area contributed by atoms with Crippen molar-refractivity contribution >= 4 is 70.9 Å². The first-order valence-corrected chi connectivity index (χ1v) is 42.2. The Kier molecular flexibility index (Phi) is 32.2. The molecule has 1 spiro atoms. The highest BCUT2D eigenvalue weighted by molar-refractivity contribution is 6.01. The number of halogens is 8. The van der Waals surface area contributed by atoms with Crippen LogP contribution in [0.15, 0.2) is 0 Å². The van der Waals surface area contributed by atoms with Gasteiger partial charge in [-0.05, 0) is 171 Å². The molecule has 0 aromatic carbocycles. The van der Waals surface area contributed by atoms with Crippen LogP contribution in [-0.4, -0.2) is 301 Å². The Morgan fingerprint density at radius 1 is 0.595 bits per heavy atom. The summed E-state index contributed by atoms with van der Waals surface area (Å²) in [5, 5.41) is 18.4. The molecule has 5 aliphatic carbocycles. The van der Waals surface area contributed by atoms with E-state index < -0.39 is 230 Å². The zero-order chi connectivity index (χ0) is 85.0. The van der Waals surface area contributed by atoms with Gasteiger partial charge in [-0.25, -0.2) is 8.78 Å². The summed E-state index contributed by atoms with van der Waals surface area (Å²) >= 11 is 0. The van der Waals surface area contributed by atoms with E-state index in [1.54, 1.807) is 20.8 Å². The number of carbonyl (C=O) groups excluding carboxylic acids is 12. The normalized spacial score (nSPS) is 33.2. The SMILES string of the molecule is CCO[C@@H]1C[C@H]2C(=O)NC3(CCC3)C(=O)N(C)[C@@H](C3CCCC3)C(=O)N(C)[C@H](C(=O)N3CCOCC3)CC(=O)N(C)[C@@H](CC3CCC(C#N)CC3)C(=O)N[C@@H]([C@@H](C)CC)C(=O)N(C)CC(=O)N(C)[C@H]3CCCCCN(C3=O)[C@@H](CC3CCC(C(F)(F)F)CC3)C(=O)N(C)CC(=O)N[C@@H](CCC3CC(F)C(C(F)(F)F)C(F)C3)C(=O)N2C1. The van der Waals surface area contributed by atoms with Crippen LogP contribution in [0.5, 0.6) is 0 Å². The van der Waals surface area contributed by atoms with Gasteiger partial charge in [0.1, 0.15) is 72.1 Å². The van der Waals surface area contributed by atoms with E-state index in [9.17, 15) is 41.2 Å². The smallest absolute Gasteiger partial charge is 0.378 e. The molecule has 0 radical (unpaired) electrons. The highest BCUT2D eigenvalue weighted by Crippen LogP contribution is 2.46. The van der Waals surface area contributed by atoms with Gasteiger partial charge in [0.15, 0.2) is 0 Å². The third-order valence-electron chi connectivity index (χ3n) is 27.0. The summed E-state index contributed by atoms with van der Waals surface area (Å²) in [5.41, 5.74) is -1.71. The third kappa shape index (κ3) is 22.3. The Labute approximate surface area is 675 Å². The molecule has 9 fully saturated rings. The Morgan fingerprint density at radius 2 is 1.20 bits per heavy atom. The lowest BCUT2D eigenvalue weighted by Crippen LogP contribution is -2.68. The van der Waals surface area contributed by atoms with E-state index in [1.165, 1.54) is 61.9 Å². The molecule has 2 bridgehead atoms. The van der Waals surface area contributed by atoms with Gasteiger partial charge < -0.3 is 69.5 Å². The van der Waals surface area contributed by atoms with Crippen LogP contribution in [0.1, 0.15) is 201 Å². The summed E-state index contributed by atoms with van der Waals surface area (Å²) in [6.07, 6.45) is -13.5. The van der Waals surface area contributed by atoms with Gasteiger partial charge in [-0.15, -0.1) is 0 Å². The van der Waals surface area contributed by atoms with Crippen LogP contribution in [0.4, 0.5) is 35.1 Å². The molecule has 0 aromatic heterocycles. The summed E-state index contributed by atoms with van der Waals surface area (Å²) in [4.78, 5) is 195. The Balaban J connectivity index is 1.12. The first-order valence-electron chi connectivity index (χ1n) is 42.2. The first-order chi connectivity index (χ1) is 54.8. The number of hydrogen-bond donors (Lipinski definition) is 3. The van der Waals surface area contributed by atoms with Gasteiger partial charge in [0.2, 0.25) is 70.9 Å². The minimum atomic E-state index is -5.22. The predicted octanol–water partition coefficient (Wildman–Crippen LogP) is 7.02. The van der Waals surface area contributed by atoms with E-state index in [1.807, 2.05) is 0 Å². The number of carbonyl (C=O) groups is 12. The van der Waals surface area contributed by atoms with Crippen LogP contribution < -0.4 is 16.0 Å². The number of rotatable bonds is 13. The molecule has 4 aliphatic heterocycles. The molecule has 5 saturated carbocycles. The predicted molar refractivity (Wildman–Crippen MR) is 406 cm³/mol. The van der Waals surface area contributed by atoms with E-state index in [2.05, 4.69) is 22.0 Å². The summed E-state index contributed by atoms with van der Waals surface area (Å²) in [6, 6.07) is -9.15. The molecule has 35 heteroatoms. The van der Waals surface area contributed by atoms with Gasteiger partial charge in [0.05, 0.1) is 50.8 Å². The quantitative estimate of drug-likeness (QED) is 0.156. The molecule has 9 aliphatic rings. The number of fused-ring (bicyclic) bond motifs is 3. The molecule has 12 amide bonds. The molecular formula is C81H123F8N13O14. The molecule has 27 nitrogen and oxygen atoms in total. The molecule has 2 unspecified atom stereocenters. The van der Waals surface area contributed by atoms with Gasteiger partial charge in [-0.2, -0.15) is 31.6 Å². The number of nitrogens with one attached hydrogen (secondary N) is 3. The summed E-state index contributed by atoms with van der Waals surface area (Å²) in [7, 11) is 8.12. The largest absolute Gasteiger partial charge is 0.397 e. The maximum absolute atomic E-state index is 15.9. The monoisotopic (exact) mass is 1650 g/mol. The van der Waals surface area contributed by atoms with Crippen molar-refractivity contribution in [2.24, 2.45) is 47.3 Å². The lowest BCUT2D eigenvalue weighted by atomic mass is 9.74. The number of likely N-dealkylation sites (N-methyl/N-ethyl adjacent to an activating group) is 6. The van der Waals surface area contributed by atoms with Crippen molar-refractivity contribution in [2.75, 3.05) is 101 Å². The van der Waals surface area contributed by atoms with E-state index in [4.69, 9.17) is 9.47 Å². The van der Waals surface area contributed by atoms with Crippen LogP contribution in [0.3, 0.4) is 0 Å². The lowest BCUT2D eigenvalue weighted by molar-refractivity contribution is -0.219. The number of ether oxygens (including phenoxy) is 2. The maximum atomic E-state index is 15.9. The highest BCUT2D eigenvalue weighted by atomic mass is 19.4. The second-order valence-electron chi connectivity index (χ2n) is 34.7. The van der Waals surface area contributed by atoms with Crippen molar-refractivity contribution in [2.45, 2.75) is 285 Å². The Hall–Kier alpha value is -7.51. The van der Waals surface area contributed by atoms with Crippen molar-refractivity contribution in [3.8, 4) is 6.07 Å². The molecule has 4 heterocycles. The Morgan fingerprint density at radius 3 is 1.78 bits per heavy atom. The highest BCUT2D eigenvalue weighted by Gasteiger charge is 2.57. The number of hydrogen-bond acceptors (Lipinski definition) is 15. The number of nitriles is 1. The molecule has 4 saturated heterocycles. The van der Waals surface area contributed by atoms with Crippen LogP contribution in [0, 0.1) is 58.7 Å². The molecule has 652 valence electrons. The zero-order valence-electron chi connectivity index (χ0n) is 68.8. The topological polar surface area (TPSA) is 312 Å². The summed E-state index contributed by atoms with van der Waals surface area (Å²) in [6.45, 7) is 3.78. The maximum Gasteiger partial charge on any atom is 0.397 e. The Bertz CT molecular complexity index is 3490. The molecule has 0 aromatic rings. The second-order valence-corrected chi connectivity index (χ2v) is 34.7. The standard InChI is InChI=1S/C81H123F8N13O14/c1-10-48(3)68-76(112)95(5)47-66(105)96(6)59-20-13-12-16-33-101(75(59)111)63(41-50-25-28-54(29-26-50)80(84,85)86)73(109)94(4)46-64(103)91-58(30-27-52-38-56(82)67(57(83)39-52)81(87,88)89)72(108)102-45-55(116-11-2)42-61(102)71(107)93-79(31-17-32-79)78(114)99(9)69(53-18-14-15-19-53)77(113)98(8)62(74(110)100-34-36-115-37-35-100)43-65(104)97(7)60(70(106)92-68)40-49-21-23-51(44-90)24-22-49/h48-63,67-69H,10-43,45-47H2,1-9H3,(H,91,103)(H,92,106)(H,93,107)/t48-,49?,50?,51?,52?,54?,55+,56?,57?,58-,59-,60-,61-,62-,63-,67?,68-,69-/m0/s1. The zero-order valence-corrected chi connectivity index (χ0v) is 68.8. The fourth-order valence-corrected chi connectivity index (χ4v) is 19.4. The van der Waals surface area contributed by atoms with Crippen molar-refractivity contribution in [1.29, 1.82) is 5.26 Å². The number of alkyl halides is 8. The van der Waals surface area contributed by atoms with Gasteiger partial charge in [-0.1, -0.05) is 46.0 Å². The minimum Gasteiger partial charge on any atom is -0.378 e. The first kappa shape index (κ1) is 92.4. The fraction of sp³-hybridized carbons (Fsp3) is 0.840. The van der Waals surface area contributed by atoms with E-state index in [0.717, 1.165) is 24.5 Å². The number of morpholine rings is 1. The summed E-state index contributed by atoms with van der Waals surface area (Å²) < 4.78 is 127. The molecule has 12 atom stereocenters. The third-order valence-corrected chi connectivity index (χ3v) is 27.0. The van der Waals surface area contributed by atoms with Gasteiger partial charge >= 0.3 is 12.4 Å². The summed E-state index contributed by atoms with van der Waals surface area (Å²) in [5.74, 6) is -17.2.